The maximum Gasteiger partial charge on any atom is 1.00 e. The molecule has 0 bridgehead atoms. The summed E-state index contributed by atoms with van der Waals surface area (Å²) < 4.78 is 5.66. The van der Waals surface area contributed by atoms with Crippen molar-refractivity contribution in [1.29, 1.82) is 0 Å². The van der Waals surface area contributed by atoms with Crippen LogP contribution in [0.2, 0.25) is 0 Å². The number of ether oxygens (including phenoxy) is 1. The van der Waals surface area contributed by atoms with E-state index in [1.807, 2.05) is 13.8 Å². The van der Waals surface area contributed by atoms with Crippen molar-refractivity contribution < 1.29 is 49.3 Å². The van der Waals surface area contributed by atoms with Gasteiger partial charge < -0.3 is 19.7 Å². The van der Waals surface area contributed by atoms with E-state index >= 15 is 0 Å². The second-order valence-corrected chi connectivity index (χ2v) is 5.15. The van der Waals surface area contributed by atoms with Gasteiger partial charge in [-0.2, -0.15) is 0 Å². The first-order chi connectivity index (χ1) is 8.28. The molecule has 1 aromatic rings. The number of rotatable bonds is 1. The SMILES string of the molecule is Cc1c(C)c2c(c(C)c1O)CCC(C)(C(=O)[O-])O2.[Na+]. The number of phenols is 1. The van der Waals surface area contributed by atoms with E-state index in [9.17, 15) is 15.0 Å². The number of carbonyl (C=O) groups excluding carboxylic acids is 1. The summed E-state index contributed by atoms with van der Waals surface area (Å²) in [6.45, 7) is 6.98. The van der Waals surface area contributed by atoms with E-state index in [4.69, 9.17) is 4.74 Å². The molecule has 0 aromatic heterocycles. The van der Waals surface area contributed by atoms with Crippen molar-refractivity contribution in [2.45, 2.75) is 46.1 Å². The standard InChI is InChI=1S/C14H18O4.Na/c1-7-8(2)12-10(9(3)11(7)15)5-6-14(4,18-12)13(16)17;/h15H,5-6H2,1-4H3,(H,16,17);/q;+1/p-1. The Kier molecular flexibility index (Phi) is 4.60. The quantitative estimate of drug-likeness (QED) is 0.610. The number of benzene rings is 1. The topological polar surface area (TPSA) is 69.6 Å². The number of carboxylic acid groups (broad SMARTS) is 1. The third kappa shape index (κ3) is 2.49. The van der Waals surface area contributed by atoms with Gasteiger partial charge in [0.2, 0.25) is 0 Å². The van der Waals surface area contributed by atoms with Crippen molar-refractivity contribution in [3.05, 3.63) is 22.3 Å². The third-order valence-electron chi connectivity index (χ3n) is 3.95. The number of carboxylic acids is 1. The van der Waals surface area contributed by atoms with Crippen LogP contribution in [0.1, 0.15) is 35.6 Å². The first kappa shape index (κ1) is 16.3. The Balaban J connectivity index is 0.00000180. The van der Waals surface area contributed by atoms with E-state index in [1.54, 1.807) is 6.92 Å². The number of phenolic OH excluding ortho intramolecular Hbond substituents is 1. The summed E-state index contributed by atoms with van der Waals surface area (Å²) in [6.07, 6.45) is 0.922. The van der Waals surface area contributed by atoms with Gasteiger partial charge in [0.05, 0.1) is 5.97 Å². The van der Waals surface area contributed by atoms with Gasteiger partial charge in [0.1, 0.15) is 17.1 Å². The molecule has 2 rings (SSSR count). The zero-order chi connectivity index (χ0) is 13.7. The van der Waals surface area contributed by atoms with E-state index in [-0.39, 0.29) is 35.3 Å². The molecule has 1 N–H and O–H groups in total. The third-order valence-corrected chi connectivity index (χ3v) is 3.95. The van der Waals surface area contributed by atoms with Crippen molar-refractivity contribution in [2.24, 2.45) is 0 Å². The minimum Gasteiger partial charge on any atom is -0.546 e. The zero-order valence-electron chi connectivity index (χ0n) is 12.1. The Hall–Kier alpha value is -0.710. The Morgan fingerprint density at radius 1 is 1.26 bits per heavy atom. The first-order valence-electron chi connectivity index (χ1n) is 6.00. The molecule has 0 saturated carbocycles. The van der Waals surface area contributed by atoms with E-state index in [0.717, 1.165) is 22.3 Å². The van der Waals surface area contributed by atoms with Crippen LogP contribution < -0.4 is 39.4 Å². The Labute approximate surface area is 135 Å². The van der Waals surface area contributed by atoms with Crippen LogP contribution >= 0.6 is 0 Å². The molecule has 1 aromatic carbocycles. The van der Waals surface area contributed by atoms with Gasteiger partial charge in [0.15, 0.2) is 0 Å². The van der Waals surface area contributed by atoms with Gasteiger partial charge in [-0.25, -0.2) is 0 Å². The van der Waals surface area contributed by atoms with Crippen molar-refractivity contribution in [2.75, 3.05) is 0 Å². The molecule has 1 heterocycles. The van der Waals surface area contributed by atoms with Crippen LogP contribution in [-0.4, -0.2) is 16.7 Å². The van der Waals surface area contributed by atoms with Crippen LogP contribution in [0.3, 0.4) is 0 Å². The van der Waals surface area contributed by atoms with Crippen LogP contribution in [0, 0.1) is 20.8 Å². The molecule has 0 spiro atoms. The molecule has 1 unspecified atom stereocenters. The molecule has 4 nitrogen and oxygen atoms in total. The summed E-state index contributed by atoms with van der Waals surface area (Å²) in [4.78, 5) is 11.1. The van der Waals surface area contributed by atoms with Gasteiger partial charge in [0.25, 0.3) is 0 Å². The molecule has 0 fully saturated rings. The van der Waals surface area contributed by atoms with E-state index in [1.165, 1.54) is 6.92 Å². The van der Waals surface area contributed by atoms with E-state index in [2.05, 4.69) is 0 Å². The average molecular weight is 272 g/mol. The maximum absolute atomic E-state index is 11.1. The smallest absolute Gasteiger partial charge is 0.546 e. The Morgan fingerprint density at radius 2 is 1.84 bits per heavy atom. The predicted octanol–water partition coefficient (Wildman–Crippen LogP) is -1.84. The molecular formula is C14H17NaO4. The van der Waals surface area contributed by atoms with Crippen molar-refractivity contribution >= 4 is 5.97 Å². The van der Waals surface area contributed by atoms with Crippen molar-refractivity contribution in [3.8, 4) is 11.5 Å². The van der Waals surface area contributed by atoms with Crippen molar-refractivity contribution in [1.82, 2.24) is 0 Å². The molecule has 0 aliphatic carbocycles. The molecular weight excluding hydrogens is 255 g/mol. The van der Waals surface area contributed by atoms with Gasteiger partial charge in [0, 0.05) is 5.56 Å². The largest absolute Gasteiger partial charge is 1.00 e. The summed E-state index contributed by atoms with van der Waals surface area (Å²) >= 11 is 0. The summed E-state index contributed by atoms with van der Waals surface area (Å²) in [7, 11) is 0. The van der Waals surface area contributed by atoms with Crippen LogP contribution in [0.5, 0.6) is 11.5 Å². The van der Waals surface area contributed by atoms with Gasteiger partial charge in [-0.3, -0.25) is 0 Å². The molecule has 19 heavy (non-hydrogen) atoms. The number of aromatic hydroxyl groups is 1. The van der Waals surface area contributed by atoms with E-state index in [0.29, 0.717) is 18.6 Å². The summed E-state index contributed by atoms with van der Waals surface area (Å²) in [5.41, 5.74) is 1.91. The fraction of sp³-hybridized carbons (Fsp3) is 0.500. The van der Waals surface area contributed by atoms with Crippen molar-refractivity contribution in [3.63, 3.8) is 0 Å². The molecule has 1 aliphatic rings. The zero-order valence-corrected chi connectivity index (χ0v) is 14.1. The fourth-order valence-electron chi connectivity index (χ4n) is 2.39. The van der Waals surface area contributed by atoms with Crippen LogP contribution in [0.4, 0.5) is 0 Å². The second kappa shape index (κ2) is 5.35. The van der Waals surface area contributed by atoms with Crippen LogP contribution in [0.25, 0.3) is 0 Å². The van der Waals surface area contributed by atoms with Gasteiger partial charge in [-0.15, -0.1) is 0 Å². The number of hydrogen-bond donors (Lipinski definition) is 1. The number of fused-ring (bicyclic) bond motifs is 1. The molecule has 98 valence electrons. The minimum atomic E-state index is -1.28. The number of aliphatic carboxylic acids is 1. The molecule has 1 aliphatic heterocycles. The number of hydrogen-bond acceptors (Lipinski definition) is 4. The Morgan fingerprint density at radius 3 is 2.37 bits per heavy atom. The summed E-state index contributed by atoms with van der Waals surface area (Å²) in [6, 6.07) is 0. The minimum absolute atomic E-state index is 0. The second-order valence-electron chi connectivity index (χ2n) is 5.15. The monoisotopic (exact) mass is 272 g/mol. The molecule has 5 heteroatoms. The molecule has 1 atom stereocenters. The molecule has 0 amide bonds. The van der Waals surface area contributed by atoms with E-state index < -0.39 is 11.6 Å². The van der Waals surface area contributed by atoms with Gasteiger partial charge in [-0.1, -0.05) is 0 Å². The fourth-order valence-corrected chi connectivity index (χ4v) is 2.39. The maximum atomic E-state index is 11.1. The Bertz CT molecular complexity index is 539. The number of carbonyl (C=O) groups is 1. The van der Waals surface area contributed by atoms with Crippen LogP contribution in [0.15, 0.2) is 0 Å². The summed E-state index contributed by atoms with van der Waals surface area (Å²) in [5.74, 6) is -0.344. The van der Waals surface area contributed by atoms with Gasteiger partial charge >= 0.3 is 29.6 Å². The molecule has 0 radical (unpaired) electrons. The predicted molar refractivity (Wildman–Crippen MR) is 64.7 cm³/mol. The first-order valence-corrected chi connectivity index (χ1v) is 6.00. The van der Waals surface area contributed by atoms with Crippen LogP contribution in [-0.2, 0) is 11.2 Å². The summed E-state index contributed by atoms with van der Waals surface area (Å²) in [5, 5.41) is 21.1. The normalized spacial score (nSPS) is 21.1. The average Bonchev–Trinajstić information content (AvgIpc) is 2.33. The molecule has 0 saturated heterocycles. The van der Waals surface area contributed by atoms with Gasteiger partial charge in [-0.05, 0) is 57.2 Å².